The molecule has 0 aromatic heterocycles. The molecule has 0 fully saturated rings. The number of carbonyl (C=O) groups is 1. The molecule has 0 atom stereocenters. The Hall–Kier alpha value is -3.39. The van der Waals surface area contributed by atoms with Crippen LogP contribution in [0.25, 0.3) is 6.08 Å². The Morgan fingerprint density at radius 3 is 2.33 bits per heavy atom. The van der Waals surface area contributed by atoms with Crippen LogP contribution in [0, 0.1) is 0 Å². The van der Waals surface area contributed by atoms with Crippen LogP contribution >= 0.6 is 11.8 Å². The first kappa shape index (κ1) is 21.3. The van der Waals surface area contributed by atoms with Crippen LogP contribution in [-0.4, -0.2) is 42.1 Å². The average Bonchev–Trinajstić information content (AvgIpc) is 3.05. The number of aromatic hydroxyl groups is 1. The van der Waals surface area contributed by atoms with Crippen LogP contribution in [0.1, 0.15) is 12.5 Å². The molecule has 0 saturated carbocycles. The maximum absolute atomic E-state index is 12.5. The molecule has 7 nitrogen and oxygen atoms in total. The number of aliphatic hydroxyl groups excluding tert-OH is 1. The lowest BCUT2D eigenvalue weighted by Gasteiger charge is -2.04. The number of hydrogen-bond acceptors (Lipinski definition) is 8. The topological polar surface area (TPSA) is 97.6 Å². The number of carbonyl (C=O) groups excluding carboxylic acids is 1. The van der Waals surface area contributed by atoms with Crippen molar-refractivity contribution in [2.75, 3.05) is 20.8 Å². The van der Waals surface area contributed by atoms with Crippen LogP contribution in [0.2, 0.25) is 0 Å². The van der Waals surface area contributed by atoms with Crippen molar-refractivity contribution in [3.05, 3.63) is 64.3 Å². The predicted molar refractivity (Wildman–Crippen MR) is 117 cm³/mol. The first-order valence-corrected chi connectivity index (χ1v) is 9.88. The third-order valence-electron chi connectivity index (χ3n) is 4.20. The number of ether oxygens (including phenoxy) is 3. The van der Waals surface area contributed by atoms with Gasteiger partial charge in [0.25, 0.3) is 0 Å². The van der Waals surface area contributed by atoms with Gasteiger partial charge in [-0.25, -0.2) is 9.79 Å². The molecule has 0 amide bonds. The molecule has 1 aliphatic rings. The van der Waals surface area contributed by atoms with E-state index in [1.54, 1.807) is 56.5 Å². The van der Waals surface area contributed by atoms with E-state index in [0.717, 1.165) is 11.8 Å². The number of aliphatic hydroxyl groups is 1. The van der Waals surface area contributed by atoms with Gasteiger partial charge in [0, 0.05) is 11.6 Å². The van der Waals surface area contributed by atoms with Crippen LogP contribution in [0.15, 0.2) is 63.7 Å². The van der Waals surface area contributed by atoms with E-state index in [2.05, 4.69) is 4.99 Å². The normalized spacial score (nSPS) is 16.2. The zero-order valence-electron chi connectivity index (χ0n) is 16.7. The second kappa shape index (κ2) is 9.41. The van der Waals surface area contributed by atoms with Gasteiger partial charge in [0.05, 0.1) is 31.4 Å². The maximum atomic E-state index is 12.5. The van der Waals surface area contributed by atoms with Gasteiger partial charge < -0.3 is 24.4 Å². The molecule has 0 saturated heterocycles. The number of esters is 1. The summed E-state index contributed by atoms with van der Waals surface area (Å²) in [6.07, 6.45) is 1.57. The molecular formula is C22H21NO6S. The highest BCUT2D eigenvalue weighted by atomic mass is 32.2. The molecule has 0 bridgehead atoms. The summed E-state index contributed by atoms with van der Waals surface area (Å²) in [5.74, 6) is 0.242. The van der Waals surface area contributed by atoms with Gasteiger partial charge in [-0.2, -0.15) is 0 Å². The van der Waals surface area contributed by atoms with Crippen molar-refractivity contribution >= 4 is 34.5 Å². The predicted octanol–water partition coefficient (Wildman–Crippen LogP) is 4.60. The highest BCUT2D eigenvalue weighted by Crippen LogP contribution is 2.41. The summed E-state index contributed by atoms with van der Waals surface area (Å²) >= 11 is 1.11. The highest BCUT2D eigenvalue weighted by Gasteiger charge is 2.33. The molecule has 0 spiro atoms. The third kappa shape index (κ3) is 4.60. The smallest absolute Gasteiger partial charge is 0.344 e. The summed E-state index contributed by atoms with van der Waals surface area (Å²) in [5.41, 5.74) is 1.03. The van der Waals surface area contributed by atoms with E-state index in [9.17, 15) is 15.0 Å². The Bertz CT molecular complexity index is 1040. The molecule has 0 aliphatic carbocycles. The fourth-order valence-electron chi connectivity index (χ4n) is 2.68. The van der Waals surface area contributed by atoms with E-state index in [1.165, 1.54) is 13.2 Å². The monoisotopic (exact) mass is 427 g/mol. The van der Waals surface area contributed by atoms with Gasteiger partial charge in [0.15, 0.2) is 0 Å². The summed E-state index contributed by atoms with van der Waals surface area (Å²) in [7, 11) is 3.07. The Morgan fingerprint density at radius 1 is 1.07 bits per heavy atom. The maximum Gasteiger partial charge on any atom is 0.344 e. The van der Waals surface area contributed by atoms with Crippen LogP contribution in [0.3, 0.4) is 0 Å². The van der Waals surface area contributed by atoms with Gasteiger partial charge >= 0.3 is 5.97 Å². The summed E-state index contributed by atoms with van der Waals surface area (Å²) < 4.78 is 15.3. The average molecular weight is 427 g/mol. The number of thioether (sulfide) groups is 1. The number of hydrogen-bond donors (Lipinski definition) is 2. The minimum absolute atomic E-state index is 0.0167. The van der Waals surface area contributed by atoms with Crippen molar-refractivity contribution in [3.63, 3.8) is 0 Å². The van der Waals surface area contributed by atoms with Gasteiger partial charge in [-0.1, -0.05) is 11.8 Å². The van der Waals surface area contributed by atoms with E-state index in [4.69, 9.17) is 14.2 Å². The van der Waals surface area contributed by atoms with Gasteiger partial charge in [-0.05, 0) is 49.4 Å². The van der Waals surface area contributed by atoms with Crippen molar-refractivity contribution < 1.29 is 29.2 Å². The van der Waals surface area contributed by atoms with Gasteiger partial charge in [-0.3, -0.25) is 0 Å². The minimum atomic E-state index is -0.669. The molecule has 1 aliphatic heterocycles. The summed E-state index contributed by atoms with van der Waals surface area (Å²) in [6, 6.07) is 11.8. The zero-order chi connectivity index (χ0) is 21.7. The number of nitrogens with zero attached hydrogens (tertiary/aromatic N) is 1. The number of methoxy groups -OCH3 is 2. The Labute approximate surface area is 178 Å². The van der Waals surface area contributed by atoms with Crippen molar-refractivity contribution in [1.29, 1.82) is 0 Å². The molecule has 2 N–H and O–H groups in total. The number of aliphatic imine (C=N–C) groups is 1. The largest absolute Gasteiger partial charge is 0.507 e. The summed E-state index contributed by atoms with van der Waals surface area (Å²) in [6.45, 7) is 1.85. The first-order chi connectivity index (χ1) is 14.5. The first-order valence-electron chi connectivity index (χ1n) is 9.07. The van der Waals surface area contributed by atoms with Crippen molar-refractivity contribution in [3.8, 4) is 17.2 Å². The fourth-order valence-corrected chi connectivity index (χ4v) is 3.71. The van der Waals surface area contributed by atoms with Crippen LogP contribution in [0.5, 0.6) is 17.2 Å². The standard InChI is InChI=1S/C22H21NO6S/c1-4-29-22(26)19-20(25)18(11-13-5-8-16(28-3)12-17(13)24)30-21(19)23-14-6-9-15(27-2)10-7-14/h5-12,24-25H,4H2,1-3H3/b18-11+,23-21?. The molecule has 3 rings (SSSR count). The van der Waals surface area contributed by atoms with Crippen molar-refractivity contribution in [2.45, 2.75) is 6.92 Å². The zero-order valence-corrected chi connectivity index (χ0v) is 17.5. The molecule has 2 aromatic carbocycles. The van der Waals surface area contributed by atoms with E-state index < -0.39 is 5.97 Å². The summed E-state index contributed by atoms with van der Waals surface area (Å²) in [4.78, 5) is 17.3. The lowest BCUT2D eigenvalue weighted by Crippen LogP contribution is -2.12. The Kier molecular flexibility index (Phi) is 6.68. The van der Waals surface area contributed by atoms with Gasteiger partial charge in [-0.15, -0.1) is 0 Å². The molecule has 8 heteroatoms. The lowest BCUT2D eigenvalue weighted by atomic mass is 10.1. The van der Waals surface area contributed by atoms with Crippen LogP contribution in [-0.2, 0) is 9.53 Å². The second-order valence-corrected chi connectivity index (χ2v) is 7.13. The van der Waals surface area contributed by atoms with E-state index in [0.29, 0.717) is 32.7 Å². The molecule has 30 heavy (non-hydrogen) atoms. The van der Waals surface area contributed by atoms with E-state index in [-0.39, 0.29) is 23.7 Å². The quantitative estimate of drug-likeness (QED) is 0.650. The molecule has 0 unspecified atom stereocenters. The molecule has 156 valence electrons. The Morgan fingerprint density at radius 2 is 1.73 bits per heavy atom. The van der Waals surface area contributed by atoms with Gasteiger partial charge in [0.1, 0.15) is 33.6 Å². The highest BCUT2D eigenvalue weighted by molar-refractivity contribution is 8.18. The Balaban J connectivity index is 2.02. The van der Waals surface area contributed by atoms with Gasteiger partial charge in [0.2, 0.25) is 0 Å². The van der Waals surface area contributed by atoms with Crippen molar-refractivity contribution in [2.24, 2.45) is 4.99 Å². The lowest BCUT2D eigenvalue weighted by molar-refractivity contribution is -0.138. The molecule has 1 heterocycles. The molecule has 0 radical (unpaired) electrons. The third-order valence-corrected chi connectivity index (χ3v) is 5.22. The van der Waals surface area contributed by atoms with E-state index in [1.807, 2.05) is 0 Å². The number of phenolic OH excluding ortho intramolecular Hbond substituents is 1. The summed E-state index contributed by atoms with van der Waals surface area (Å²) in [5, 5.41) is 21.2. The second-order valence-electron chi connectivity index (χ2n) is 6.09. The van der Waals surface area contributed by atoms with Crippen LogP contribution in [0.4, 0.5) is 5.69 Å². The van der Waals surface area contributed by atoms with Crippen LogP contribution < -0.4 is 9.47 Å². The number of phenols is 1. The minimum Gasteiger partial charge on any atom is -0.507 e. The number of rotatable bonds is 6. The SMILES string of the molecule is CCOC(=O)C1=C(O)/C(=C\c2ccc(OC)cc2O)SC1=Nc1ccc(OC)cc1. The van der Waals surface area contributed by atoms with E-state index >= 15 is 0 Å². The molecular weight excluding hydrogens is 406 g/mol. The van der Waals surface area contributed by atoms with Crippen molar-refractivity contribution in [1.82, 2.24) is 0 Å². The number of benzene rings is 2. The fraction of sp³-hybridized carbons (Fsp3) is 0.182. The molecule has 2 aromatic rings.